The van der Waals surface area contributed by atoms with E-state index in [1.165, 1.54) is 24.3 Å². The number of sulfone groups is 1. The minimum absolute atomic E-state index is 0.0323. The Balaban J connectivity index is 1.09. The predicted molar refractivity (Wildman–Crippen MR) is 172 cm³/mol. The number of carbonyl (C=O) groups is 1. The molecule has 4 aromatic rings. The maximum Gasteiger partial charge on any atom is 0.414 e. The van der Waals surface area contributed by atoms with Gasteiger partial charge >= 0.3 is 16.9 Å². The van der Waals surface area contributed by atoms with E-state index < -0.39 is 20.7 Å². The molecule has 1 aliphatic carbocycles. The summed E-state index contributed by atoms with van der Waals surface area (Å²) in [5.74, 6) is -1.14. The summed E-state index contributed by atoms with van der Waals surface area (Å²) in [4.78, 5) is 13.7. The summed E-state index contributed by atoms with van der Waals surface area (Å²) in [6, 6.07) is 20.3. The van der Waals surface area contributed by atoms with Gasteiger partial charge in [-0.15, -0.1) is 11.8 Å². The van der Waals surface area contributed by atoms with Crippen LogP contribution in [0.5, 0.6) is 5.88 Å². The lowest BCUT2D eigenvalue weighted by molar-refractivity contribution is -0.832. The number of rotatable bonds is 14. The lowest BCUT2D eigenvalue weighted by Gasteiger charge is -2.08. The van der Waals surface area contributed by atoms with E-state index in [0.717, 1.165) is 39.2 Å². The van der Waals surface area contributed by atoms with Gasteiger partial charge in [0, 0.05) is 4.90 Å². The van der Waals surface area contributed by atoms with E-state index in [9.17, 15) is 22.8 Å². The molecule has 3 aromatic carbocycles. The number of unbranched alkanes of at least 4 members (excludes halogenated alkanes) is 3. The number of hydrogen-bond donors (Lipinski definition) is 0. The fraction of sp³-hybridized carbons (Fsp3) is 0.265. The minimum atomic E-state index is -4.18. The van der Waals surface area contributed by atoms with Gasteiger partial charge in [-0.05, 0) is 120 Å². The Labute approximate surface area is 271 Å². The summed E-state index contributed by atoms with van der Waals surface area (Å²) in [5.41, 5.74) is 5.24. The van der Waals surface area contributed by atoms with Crippen LogP contribution in [0.1, 0.15) is 55.7 Å². The molecule has 1 heterocycles. The molecular formula is C34H33FN2O7S2. The molecule has 1 aromatic heterocycles. The Bertz CT molecular complexity index is 1870. The number of halogens is 1. The summed E-state index contributed by atoms with van der Waals surface area (Å²) in [6.07, 6.45) is 6.71. The van der Waals surface area contributed by atoms with Gasteiger partial charge in [0.05, 0.1) is 29.7 Å². The van der Waals surface area contributed by atoms with E-state index in [4.69, 9.17) is 9.47 Å². The van der Waals surface area contributed by atoms with Crippen LogP contribution in [0.25, 0.3) is 17.2 Å². The zero-order valence-electron chi connectivity index (χ0n) is 25.4. The van der Waals surface area contributed by atoms with Crippen molar-refractivity contribution in [3.8, 4) is 5.88 Å². The SMILES string of the molecule is CSc1ccc(/C=C2/C(C)=C(CC(=O)OCCCCCCOc3no[n+]([O-])c3S(=O)(=O)c3ccccc3)c3cc(F)ccc32)cc1. The number of nitrogens with zero attached hydrogens (tertiary/aromatic N) is 2. The third-order valence-electron chi connectivity index (χ3n) is 7.60. The van der Waals surface area contributed by atoms with Gasteiger partial charge in [-0.3, -0.25) is 9.42 Å². The smallest absolute Gasteiger partial charge is 0.414 e. The number of esters is 1. The van der Waals surface area contributed by atoms with Crippen molar-refractivity contribution in [1.82, 2.24) is 5.16 Å². The van der Waals surface area contributed by atoms with E-state index in [1.54, 1.807) is 36.0 Å². The van der Waals surface area contributed by atoms with E-state index in [0.29, 0.717) is 24.8 Å². The maximum atomic E-state index is 14.2. The van der Waals surface area contributed by atoms with Crippen molar-refractivity contribution in [2.45, 2.75) is 53.8 Å². The lowest BCUT2D eigenvalue weighted by Crippen LogP contribution is -2.30. The summed E-state index contributed by atoms with van der Waals surface area (Å²) in [6.45, 7) is 2.29. The van der Waals surface area contributed by atoms with E-state index in [-0.39, 0.29) is 41.2 Å². The number of fused-ring (bicyclic) bond motifs is 1. The largest absolute Gasteiger partial charge is 0.465 e. The summed E-state index contributed by atoms with van der Waals surface area (Å²) in [5, 5.41) is 14.8. The second-order valence-corrected chi connectivity index (χ2v) is 13.4. The first-order chi connectivity index (χ1) is 22.2. The highest BCUT2D eigenvalue weighted by atomic mass is 32.2. The zero-order chi connectivity index (χ0) is 32.7. The topological polar surface area (TPSA) is 123 Å². The Morgan fingerprint density at radius 2 is 1.72 bits per heavy atom. The first-order valence-electron chi connectivity index (χ1n) is 14.7. The molecule has 12 heteroatoms. The maximum absolute atomic E-state index is 14.2. The molecule has 0 saturated carbocycles. The number of aromatic nitrogens is 2. The molecule has 0 atom stereocenters. The number of thioether (sulfide) groups is 1. The van der Waals surface area contributed by atoms with Crippen LogP contribution < -0.4 is 9.64 Å². The van der Waals surface area contributed by atoms with Gasteiger partial charge in [0.15, 0.2) is 0 Å². The van der Waals surface area contributed by atoms with Gasteiger partial charge in [0.2, 0.25) is 0 Å². The highest BCUT2D eigenvalue weighted by Gasteiger charge is 2.35. The van der Waals surface area contributed by atoms with Crippen LogP contribution in [-0.4, -0.2) is 39.0 Å². The van der Waals surface area contributed by atoms with Crippen LogP contribution in [0.15, 0.2) is 97.8 Å². The first kappa shape index (κ1) is 33.0. The molecule has 5 rings (SSSR count). The number of ether oxygens (including phenoxy) is 2. The van der Waals surface area contributed by atoms with Crippen molar-refractivity contribution in [3.05, 3.63) is 106 Å². The molecule has 0 unspecified atom stereocenters. The average Bonchev–Trinajstić information content (AvgIpc) is 3.55. The second kappa shape index (κ2) is 14.8. The van der Waals surface area contributed by atoms with Crippen molar-refractivity contribution in [3.63, 3.8) is 0 Å². The van der Waals surface area contributed by atoms with Crippen LogP contribution in [0.2, 0.25) is 0 Å². The van der Waals surface area contributed by atoms with E-state index >= 15 is 0 Å². The Morgan fingerprint density at radius 3 is 2.43 bits per heavy atom. The Morgan fingerprint density at radius 1 is 1.00 bits per heavy atom. The van der Waals surface area contributed by atoms with Crippen molar-refractivity contribution in [2.24, 2.45) is 0 Å². The molecule has 0 N–H and O–H groups in total. The van der Waals surface area contributed by atoms with Gasteiger partial charge in [0.25, 0.3) is 9.84 Å². The van der Waals surface area contributed by atoms with Crippen LogP contribution in [0.3, 0.4) is 0 Å². The first-order valence-corrected chi connectivity index (χ1v) is 17.4. The molecule has 0 bridgehead atoms. The van der Waals surface area contributed by atoms with Gasteiger partial charge in [-0.1, -0.05) is 36.4 Å². The van der Waals surface area contributed by atoms with Gasteiger partial charge < -0.3 is 14.7 Å². The quantitative estimate of drug-likeness (QED) is 0.0613. The second-order valence-electron chi connectivity index (χ2n) is 10.6. The molecule has 0 amide bonds. The van der Waals surface area contributed by atoms with Gasteiger partial charge in [-0.2, -0.15) is 0 Å². The molecule has 0 spiro atoms. The van der Waals surface area contributed by atoms with Crippen molar-refractivity contribution in [1.29, 1.82) is 0 Å². The third-order valence-corrected chi connectivity index (χ3v) is 10.1. The van der Waals surface area contributed by atoms with Crippen LogP contribution in [0.4, 0.5) is 4.39 Å². The molecule has 46 heavy (non-hydrogen) atoms. The molecule has 0 aliphatic heterocycles. The van der Waals surface area contributed by atoms with Crippen LogP contribution in [-0.2, 0) is 19.4 Å². The monoisotopic (exact) mass is 664 g/mol. The standard InChI is InChI=1S/C34H33FN2O7S2/c1-23-29(20-24-12-15-26(45-2)16-13-24)28-17-14-25(35)21-31(28)30(23)22-32(38)42-18-8-3-4-9-19-43-33-34(37(39)44-36-33)46(40,41)27-10-6-5-7-11-27/h5-7,10-17,20-21H,3-4,8-9,18-19,22H2,1-2H3/b29-20-. The molecule has 9 nitrogen and oxygen atoms in total. The number of hydrogen-bond acceptors (Lipinski definition) is 9. The van der Waals surface area contributed by atoms with E-state index in [2.05, 4.69) is 28.0 Å². The molecular weight excluding hydrogens is 632 g/mol. The van der Waals surface area contributed by atoms with Gasteiger partial charge in [0.1, 0.15) is 5.82 Å². The number of benzene rings is 3. The lowest BCUT2D eigenvalue weighted by atomic mass is 10.0. The van der Waals surface area contributed by atoms with Crippen molar-refractivity contribution < 1.29 is 36.6 Å². The molecule has 0 saturated heterocycles. The average molecular weight is 665 g/mol. The summed E-state index contributed by atoms with van der Waals surface area (Å²) in [7, 11) is -4.18. The third kappa shape index (κ3) is 7.51. The number of allylic oxidation sites excluding steroid dienone is 2. The predicted octanol–water partition coefficient (Wildman–Crippen LogP) is 6.90. The highest BCUT2D eigenvalue weighted by molar-refractivity contribution is 7.98. The molecule has 1 aliphatic rings. The van der Waals surface area contributed by atoms with Crippen LogP contribution >= 0.6 is 11.8 Å². The fourth-order valence-electron chi connectivity index (χ4n) is 5.20. The summed E-state index contributed by atoms with van der Waals surface area (Å²) < 4.78 is 55.4. The molecule has 240 valence electrons. The van der Waals surface area contributed by atoms with Gasteiger partial charge in [-0.25, -0.2) is 12.8 Å². The van der Waals surface area contributed by atoms with Crippen LogP contribution in [0, 0.1) is 11.0 Å². The Hall–Kier alpha value is -4.42. The minimum Gasteiger partial charge on any atom is -0.465 e. The van der Waals surface area contributed by atoms with Crippen molar-refractivity contribution >= 4 is 44.8 Å². The summed E-state index contributed by atoms with van der Waals surface area (Å²) >= 11 is 1.67. The molecule has 0 radical (unpaired) electrons. The normalized spacial score (nSPS) is 13.7. The van der Waals surface area contributed by atoms with Crippen molar-refractivity contribution in [2.75, 3.05) is 19.5 Å². The molecule has 0 fully saturated rings. The Kier molecular flexibility index (Phi) is 10.6. The fourth-order valence-corrected chi connectivity index (χ4v) is 6.90. The number of carbonyl (C=O) groups excluding carboxylic acids is 1. The van der Waals surface area contributed by atoms with E-state index in [1.807, 2.05) is 25.3 Å². The zero-order valence-corrected chi connectivity index (χ0v) is 27.0. The highest BCUT2D eigenvalue weighted by Crippen LogP contribution is 2.44.